The lowest BCUT2D eigenvalue weighted by molar-refractivity contribution is -0.130. The quantitative estimate of drug-likeness (QED) is 0.838. The largest absolute Gasteiger partial charge is 0.350 e. The Labute approximate surface area is 120 Å². The molecular weight excluding hydrogens is 248 g/mol. The summed E-state index contributed by atoms with van der Waals surface area (Å²) >= 11 is 0. The molecule has 3 nitrogen and oxygen atoms in total. The van der Waals surface area contributed by atoms with Crippen LogP contribution >= 0.6 is 0 Å². The molecule has 0 aliphatic carbocycles. The molecule has 0 spiro atoms. The fraction of sp³-hybridized carbons (Fsp3) is 0.471. The molecule has 1 aromatic carbocycles. The van der Waals surface area contributed by atoms with Crippen LogP contribution in [0.3, 0.4) is 0 Å². The molecule has 1 saturated heterocycles. The number of carbonyl (C=O) groups is 1. The van der Waals surface area contributed by atoms with E-state index in [9.17, 15) is 4.79 Å². The maximum atomic E-state index is 12.0. The summed E-state index contributed by atoms with van der Waals surface area (Å²) in [6.45, 7) is 1.93. The van der Waals surface area contributed by atoms with E-state index in [4.69, 9.17) is 0 Å². The van der Waals surface area contributed by atoms with Crippen LogP contribution in [-0.2, 0) is 18.3 Å². The van der Waals surface area contributed by atoms with Crippen LogP contribution in [0.15, 0.2) is 30.5 Å². The second kappa shape index (κ2) is 5.70. The molecule has 0 unspecified atom stereocenters. The number of nitrogens with zero attached hydrogens (tertiary/aromatic N) is 2. The first-order valence-electron chi connectivity index (χ1n) is 7.56. The highest BCUT2D eigenvalue weighted by molar-refractivity contribution is 5.84. The van der Waals surface area contributed by atoms with Gasteiger partial charge in [-0.05, 0) is 37.3 Å². The standard InChI is InChI=1S/C17H22N2O/c1-18-13-14(15-8-2-3-9-16(15)18)7-6-10-17(20)19-11-4-5-12-19/h2-3,8-9,13H,4-7,10-12H2,1H3. The van der Waals surface area contributed by atoms with Gasteiger partial charge in [0.25, 0.3) is 0 Å². The number of aryl methyl sites for hydroxylation is 2. The van der Waals surface area contributed by atoms with Gasteiger partial charge in [-0.3, -0.25) is 4.79 Å². The summed E-state index contributed by atoms with van der Waals surface area (Å²) in [4.78, 5) is 14.0. The summed E-state index contributed by atoms with van der Waals surface area (Å²) in [5.41, 5.74) is 2.63. The van der Waals surface area contributed by atoms with E-state index in [1.54, 1.807) is 0 Å². The molecule has 106 valence electrons. The molecule has 1 aromatic heterocycles. The average molecular weight is 270 g/mol. The lowest BCUT2D eigenvalue weighted by Crippen LogP contribution is -2.27. The molecule has 0 saturated carbocycles. The van der Waals surface area contributed by atoms with Crippen LogP contribution in [0.25, 0.3) is 10.9 Å². The third-order valence-electron chi connectivity index (χ3n) is 4.28. The van der Waals surface area contributed by atoms with Gasteiger partial charge >= 0.3 is 0 Å². The molecule has 0 radical (unpaired) electrons. The Balaban J connectivity index is 1.61. The monoisotopic (exact) mass is 270 g/mol. The number of benzene rings is 1. The van der Waals surface area contributed by atoms with Crippen LogP contribution in [0.4, 0.5) is 0 Å². The molecule has 2 heterocycles. The smallest absolute Gasteiger partial charge is 0.222 e. The summed E-state index contributed by atoms with van der Waals surface area (Å²) in [6.07, 6.45) is 7.17. The van der Waals surface area contributed by atoms with Gasteiger partial charge in [-0.15, -0.1) is 0 Å². The summed E-state index contributed by atoms with van der Waals surface area (Å²) in [5.74, 6) is 0.336. The lowest BCUT2D eigenvalue weighted by Gasteiger charge is -2.14. The highest BCUT2D eigenvalue weighted by Gasteiger charge is 2.17. The molecule has 1 aliphatic heterocycles. The minimum Gasteiger partial charge on any atom is -0.350 e. The Kier molecular flexibility index (Phi) is 3.77. The highest BCUT2D eigenvalue weighted by Crippen LogP contribution is 2.22. The Morgan fingerprint density at radius 2 is 1.95 bits per heavy atom. The molecular formula is C17H22N2O. The van der Waals surface area contributed by atoms with Gasteiger partial charge in [0.1, 0.15) is 0 Å². The van der Waals surface area contributed by atoms with Crippen molar-refractivity contribution in [2.24, 2.45) is 7.05 Å². The van der Waals surface area contributed by atoms with Gasteiger partial charge < -0.3 is 9.47 Å². The second-order valence-corrected chi connectivity index (χ2v) is 5.72. The van der Waals surface area contributed by atoms with Crippen LogP contribution in [-0.4, -0.2) is 28.5 Å². The molecule has 3 heteroatoms. The van der Waals surface area contributed by atoms with Crippen LogP contribution in [0.1, 0.15) is 31.2 Å². The van der Waals surface area contributed by atoms with E-state index >= 15 is 0 Å². The molecule has 0 bridgehead atoms. The first-order valence-corrected chi connectivity index (χ1v) is 7.56. The van der Waals surface area contributed by atoms with Crippen molar-refractivity contribution in [3.05, 3.63) is 36.0 Å². The molecule has 3 rings (SSSR count). The predicted octanol–water partition coefficient (Wildman–Crippen LogP) is 3.12. The maximum absolute atomic E-state index is 12.0. The van der Waals surface area contributed by atoms with Crippen LogP contribution in [0.2, 0.25) is 0 Å². The van der Waals surface area contributed by atoms with E-state index in [2.05, 4.69) is 42.1 Å². The van der Waals surface area contributed by atoms with Crippen molar-refractivity contribution in [1.82, 2.24) is 9.47 Å². The van der Waals surface area contributed by atoms with Gasteiger partial charge in [0.05, 0.1) is 0 Å². The van der Waals surface area contributed by atoms with E-state index in [0.717, 1.165) is 25.9 Å². The fourth-order valence-electron chi connectivity index (χ4n) is 3.18. The van der Waals surface area contributed by atoms with E-state index < -0.39 is 0 Å². The normalized spacial score (nSPS) is 15.2. The zero-order valence-corrected chi connectivity index (χ0v) is 12.1. The number of fused-ring (bicyclic) bond motifs is 1. The van der Waals surface area contributed by atoms with Crippen LogP contribution in [0.5, 0.6) is 0 Å². The van der Waals surface area contributed by atoms with Gasteiger partial charge in [0, 0.05) is 43.7 Å². The molecule has 1 fully saturated rings. The molecule has 0 atom stereocenters. The summed E-state index contributed by atoms with van der Waals surface area (Å²) in [6, 6.07) is 8.48. The van der Waals surface area contributed by atoms with Crippen LogP contribution < -0.4 is 0 Å². The molecule has 2 aromatic rings. The van der Waals surface area contributed by atoms with Crippen molar-refractivity contribution >= 4 is 16.8 Å². The lowest BCUT2D eigenvalue weighted by atomic mass is 10.1. The number of rotatable bonds is 4. The van der Waals surface area contributed by atoms with E-state index in [1.165, 1.54) is 29.3 Å². The highest BCUT2D eigenvalue weighted by atomic mass is 16.2. The first-order chi connectivity index (χ1) is 9.75. The zero-order valence-electron chi connectivity index (χ0n) is 12.1. The van der Waals surface area contributed by atoms with E-state index in [1.807, 2.05) is 4.90 Å². The Hall–Kier alpha value is -1.77. The van der Waals surface area contributed by atoms with Crippen molar-refractivity contribution in [2.75, 3.05) is 13.1 Å². The number of likely N-dealkylation sites (tertiary alicyclic amines) is 1. The van der Waals surface area contributed by atoms with Gasteiger partial charge in [-0.25, -0.2) is 0 Å². The van der Waals surface area contributed by atoms with Gasteiger partial charge in [0.15, 0.2) is 0 Å². The van der Waals surface area contributed by atoms with Gasteiger partial charge in [-0.1, -0.05) is 18.2 Å². The topological polar surface area (TPSA) is 25.2 Å². The number of aromatic nitrogens is 1. The van der Waals surface area contributed by atoms with Crippen molar-refractivity contribution < 1.29 is 4.79 Å². The summed E-state index contributed by atoms with van der Waals surface area (Å²) in [7, 11) is 2.08. The SMILES string of the molecule is Cn1cc(CCCC(=O)N2CCCC2)c2ccccc21. The molecule has 20 heavy (non-hydrogen) atoms. The van der Waals surface area contributed by atoms with Crippen molar-refractivity contribution in [3.8, 4) is 0 Å². The van der Waals surface area contributed by atoms with Gasteiger partial charge in [0.2, 0.25) is 5.91 Å². The van der Waals surface area contributed by atoms with Crippen molar-refractivity contribution in [2.45, 2.75) is 32.1 Å². The number of amides is 1. The molecule has 1 aliphatic rings. The predicted molar refractivity (Wildman–Crippen MR) is 81.7 cm³/mol. The Morgan fingerprint density at radius 3 is 2.75 bits per heavy atom. The average Bonchev–Trinajstić information content (AvgIpc) is 3.09. The van der Waals surface area contributed by atoms with E-state index in [-0.39, 0.29) is 0 Å². The Morgan fingerprint density at radius 1 is 1.20 bits per heavy atom. The van der Waals surface area contributed by atoms with Crippen LogP contribution in [0, 0.1) is 0 Å². The minimum atomic E-state index is 0.336. The fourth-order valence-corrected chi connectivity index (χ4v) is 3.18. The maximum Gasteiger partial charge on any atom is 0.222 e. The molecule has 0 N–H and O–H groups in total. The second-order valence-electron chi connectivity index (χ2n) is 5.72. The number of hydrogen-bond acceptors (Lipinski definition) is 1. The number of hydrogen-bond donors (Lipinski definition) is 0. The number of para-hydroxylation sites is 1. The van der Waals surface area contributed by atoms with E-state index in [0.29, 0.717) is 12.3 Å². The first kappa shape index (κ1) is 13.2. The molecule has 1 amide bonds. The number of carbonyl (C=O) groups excluding carboxylic acids is 1. The van der Waals surface area contributed by atoms with Gasteiger partial charge in [-0.2, -0.15) is 0 Å². The minimum absolute atomic E-state index is 0.336. The zero-order chi connectivity index (χ0) is 13.9. The van der Waals surface area contributed by atoms with Crippen molar-refractivity contribution in [1.29, 1.82) is 0 Å². The third kappa shape index (κ3) is 2.58. The summed E-state index contributed by atoms with van der Waals surface area (Å²) < 4.78 is 2.17. The van der Waals surface area contributed by atoms with Crippen molar-refractivity contribution in [3.63, 3.8) is 0 Å². The Bertz CT molecular complexity index is 608. The third-order valence-corrected chi connectivity index (χ3v) is 4.28. The summed E-state index contributed by atoms with van der Waals surface area (Å²) in [5, 5.41) is 1.32.